The zero-order valence-corrected chi connectivity index (χ0v) is 14.6. The maximum Gasteiger partial charge on any atom is 0.410 e. The summed E-state index contributed by atoms with van der Waals surface area (Å²) in [7, 11) is 0. The minimum absolute atomic E-state index is 0.230. The summed E-state index contributed by atoms with van der Waals surface area (Å²) >= 11 is 0. The Labute approximate surface area is 145 Å². The molecule has 2 aliphatic heterocycles. The summed E-state index contributed by atoms with van der Waals surface area (Å²) < 4.78 is 46.5. The van der Waals surface area contributed by atoms with Crippen molar-refractivity contribution in [1.82, 2.24) is 9.80 Å². The third kappa shape index (κ3) is 3.76. The molecule has 1 aromatic carbocycles. The molecule has 0 radical (unpaired) electrons. The second kappa shape index (κ2) is 6.20. The van der Waals surface area contributed by atoms with E-state index in [0.717, 1.165) is 5.56 Å². The number of ether oxygens (including phenoxy) is 1. The van der Waals surface area contributed by atoms with Crippen molar-refractivity contribution in [2.24, 2.45) is 0 Å². The minimum atomic E-state index is -4.39. The quantitative estimate of drug-likeness (QED) is 0.808. The summed E-state index contributed by atoms with van der Waals surface area (Å²) in [6, 6.07) is 6.28. The first kappa shape index (κ1) is 18.0. The van der Waals surface area contributed by atoms with Gasteiger partial charge in [0.25, 0.3) is 0 Å². The molecule has 2 heterocycles. The number of piperazine rings is 1. The molecule has 0 spiro atoms. The number of benzene rings is 1. The number of hydrogen-bond acceptors (Lipinski definition) is 3. The summed E-state index contributed by atoms with van der Waals surface area (Å²) in [5, 5.41) is 0. The van der Waals surface area contributed by atoms with Gasteiger partial charge in [-0.25, -0.2) is 4.79 Å². The fraction of sp³-hybridized carbons (Fsp3) is 0.611. The minimum Gasteiger partial charge on any atom is -0.444 e. The lowest BCUT2D eigenvalue weighted by Gasteiger charge is -2.41. The van der Waals surface area contributed by atoms with Crippen LogP contribution in [-0.2, 0) is 11.3 Å². The van der Waals surface area contributed by atoms with Crippen LogP contribution in [0.2, 0.25) is 0 Å². The van der Waals surface area contributed by atoms with Gasteiger partial charge < -0.3 is 9.64 Å². The van der Waals surface area contributed by atoms with E-state index in [4.69, 9.17) is 4.74 Å². The van der Waals surface area contributed by atoms with Gasteiger partial charge in [-0.05, 0) is 32.8 Å². The molecule has 3 rings (SSSR count). The average molecular weight is 356 g/mol. The maximum atomic E-state index is 13.7. The van der Waals surface area contributed by atoms with Gasteiger partial charge in [0.1, 0.15) is 11.6 Å². The van der Waals surface area contributed by atoms with Crippen molar-refractivity contribution in [3.63, 3.8) is 0 Å². The molecule has 4 nitrogen and oxygen atoms in total. The lowest BCUT2D eigenvalue weighted by atomic mass is 10.1. The van der Waals surface area contributed by atoms with Crippen molar-refractivity contribution < 1.29 is 22.7 Å². The fourth-order valence-electron chi connectivity index (χ4n) is 3.79. The molecule has 0 aliphatic carbocycles. The number of halogens is 3. The predicted molar refractivity (Wildman–Crippen MR) is 87.0 cm³/mol. The van der Waals surface area contributed by atoms with Crippen molar-refractivity contribution in [3.05, 3.63) is 35.9 Å². The highest BCUT2D eigenvalue weighted by Crippen LogP contribution is 2.44. The number of nitrogens with zero attached hydrogens (tertiary/aromatic N) is 2. The van der Waals surface area contributed by atoms with Gasteiger partial charge in [0.05, 0.1) is 6.04 Å². The van der Waals surface area contributed by atoms with E-state index in [0.29, 0.717) is 6.42 Å². The van der Waals surface area contributed by atoms with E-state index in [9.17, 15) is 18.0 Å². The topological polar surface area (TPSA) is 32.8 Å². The van der Waals surface area contributed by atoms with Crippen LogP contribution in [0.15, 0.2) is 30.3 Å². The Morgan fingerprint density at radius 2 is 1.84 bits per heavy atom. The number of carbonyl (C=O) groups is 1. The van der Waals surface area contributed by atoms with Crippen molar-refractivity contribution >= 4 is 6.09 Å². The van der Waals surface area contributed by atoms with Crippen molar-refractivity contribution in [2.75, 3.05) is 6.54 Å². The van der Waals surface area contributed by atoms with Crippen LogP contribution >= 0.6 is 0 Å². The Hall–Kier alpha value is -1.76. The highest BCUT2D eigenvalue weighted by molar-refractivity contribution is 5.69. The lowest BCUT2D eigenvalue weighted by Crippen LogP contribution is -2.60. The molecule has 1 aromatic rings. The number of carbonyl (C=O) groups excluding carboxylic acids is 1. The first-order valence-electron chi connectivity index (χ1n) is 8.42. The van der Waals surface area contributed by atoms with Crippen molar-refractivity contribution in [1.29, 1.82) is 0 Å². The Balaban J connectivity index is 1.80. The first-order chi connectivity index (χ1) is 11.6. The zero-order valence-electron chi connectivity index (χ0n) is 14.6. The molecular weight excluding hydrogens is 333 g/mol. The third-order valence-electron chi connectivity index (χ3n) is 4.68. The molecule has 0 aromatic heterocycles. The van der Waals surface area contributed by atoms with E-state index in [1.54, 1.807) is 20.8 Å². The van der Waals surface area contributed by atoms with Gasteiger partial charge in [0.15, 0.2) is 0 Å². The van der Waals surface area contributed by atoms with Gasteiger partial charge in [-0.2, -0.15) is 13.2 Å². The van der Waals surface area contributed by atoms with Crippen LogP contribution in [0.4, 0.5) is 18.0 Å². The molecule has 3 atom stereocenters. The van der Waals surface area contributed by atoms with E-state index in [-0.39, 0.29) is 19.1 Å². The highest BCUT2D eigenvalue weighted by Gasteiger charge is 2.61. The highest BCUT2D eigenvalue weighted by atomic mass is 19.4. The number of hydrogen-bond donors (Lipinski definition) is 0. The van der Waals surface area contributed by atoms with E-state index < -0.39 is 30.0 Å². The molecule has 2 bridgehead atoms. The van der Waals surface area contributed by atoms with E-state index >= 15 is 0 Å². The van der Waals surface area contributed by atoms with E-state index in [2.05, 4.69) is 0 Å². The van der Waals surface area contributed by atoms with E-state index in [1.807, 2.05) is 30.3 Å². The second-order valence-corrected chi connectivity index (χ2v) is 7.73. The van der Waals surface area contributed by atoms with Crippen LogP contribution in [0.5, 0.6) is 0 Å². The monoisotopic (exact) mass is 356 g/mol. The van der Waals surface area contributed by atoms with Gasteiger partial charge in [-0.15, -0.1) is 0 Å². The molecule has 3 unspecified atom stereocenters. The molecule has 138 valence electrons. The molecular formula is C18H23F3N2O2. The van der Waals surface area contributed by atoms with Crippen LogP contribution in [0, 0.1) is 0 Å². The van der Waals surface area contributed by atoms with Crippen LogP contribution < -0.4 is 0 Å². The number of likely N-dealkylation sites (tertiary alicyclic amines) is 2. The SMILES string of the molecule is CC(C)(C)OC(=O)N1CC2CC1C(C(F)(F)F)N2Cc1ccccc1. The molecule has 2 fully saturated rings. The first-order valence-corrected chi connectivity index (χ1v) is 8.42. The summed E-state index contributed by atoms with van der Waals surface area (Å²) in [5.41, 5.74) is 0.115. The molecule has 7 heteroatoms. The summed E-state index contributed by atoms with van der Waals surface area (Å²) in [6.07, 6.45) is -4.72. The van der Waals surface area contributed by atoms with Crippen molar-refractivity contribution in [3.8, 4) is 0 Å². The third-order valence-corrected chi connectivity index (χ3v) is 4.68. The summed E-state index contributed by atoms with van der Waals surface area (Å²) in [5.74, 6) is 0. The largest absolute Gasteiger partial charge is 0.444 e. The Morgan fingerprint density at radius 1 is 1.20 bits per heavy atom. The van der Waals surface area contributed by atoms with Gasteiger partial charge >= 0.3 is 12.3 Å². The van der Waals surface area contributed by atoms with Crippen LogP contribution in [0.3, 0.4) is 0 Å². The lowest BCUT2D eigenvalue weighted by molar-refractivity contribution is -0.198. The average Bonchev–Trinajstić information content (AvgIpc) is 3.04. The van der Waals surface area contributed by atoms with Crippen LogP contribution in [0.1, 0.15) is 32.8 Å². The number of amides is 1. The van der Waals surface area contributed by atoms with Gasteiger partial charge in [0, 0.05) is 19.1 Å². The molecule has 2 saturated heterocycles. The van der Waals surface area contributed by atoms with Gasteiger partial charge in [-0.1, -0.05) is 30.3 Å². The number of fused-ring (bicyclic) bond motifs is 2. The molecule has 0 N–H and O–H groups in total. The molecule has 0 saturated carbocycles. The summed E-state index contributed by atoms with van der Waals surface area (Å²) in [6.45, 7) is 5.64. The Bertz CT molecular complexity index is 627. The Morgan fingerprint density at radius 3 is 2.40 bits per heavy atom. The van der Waals surface area contributed by atoms with E-state index in [1.165, 1.54) is 9.80 Å². The zero-order chi connectivity index (χ0) is 18.4. The van der Waals surface area contributed by atoms with Crippen LogP contribution in [-0.4, -0.2) is 52.3 Å². The molecule has 25 heavy (non-hydrogen) atoms. The normalized spacial score (nSPS) is 27.0. The number of rotatable bonds is 2. The molecule has 1 amide bonds. The van der Waals surface area contributed by atoms with Gasteiger partial charge in [-0.3, -0.25) is 4.90 Å². The van der Waals surface area contributed by atoms with Crippen LogP contribution in [0.25, 0.3) is 0 Å². The fourth-order valence-corrected chi connectivity index (χ4v) is 3.79. The maximum absolute atomic E-state index is 13.7. The van der Waals surface area contributed by atoms with Crippen molar-refractivity contribution in [2.45, 2.75) is 63.6 Å². The second-order valence-electron chi connectivity index (χ2n) is 7.73. The Kier molecular flexibility index (Phi) is 4.47. The summed E-state index contributed by atoms with van der Waals surface area (Å²) in [4.78, 5) is 15.1. The number of alkyl halides is 3. The molecule has 2 aliphatic rings. The predicted octanol–water partition coefficient (Wildman–Crippen LogP) is 3.81. The smallest absolute Gasteiger partial charge is 0.410 e. The standard InChI is InChI=1S/C18H23F3N2O2/c1-17(2,3)25-16(24)23-11-13-9-14(23)15(18(19,20)21)22(13)10-12-7-5-4-6-8-12/h4-8,13-15H,9-11H2,1-3H3. The van der Waals surface area contributed by atoms with Gasteiger partial charge in [0.2, 0.25) is 0 Å².